The quantitative estimate of drug-likeness (QED) is 0.0405. The van der Waals surface area contributed by atoms with Gasteiger partial charge in [-0.05, 0) is 84.0 Å². The third-order valence-corrected chi connectivity index (χ3v) is 10.6. The monoisotopic (exact) mass is 917 g/mol. The topological polar surface area (TPSA) is 176 Å². The Hall–Kier alpha value is -2.06. The normalized spacial score (nSPS) is 10.8. The molecule has 0 spiro atoms. The van der Waals surface area contributed by atoms with E-state index in [4.69, 9.17) is 19.8 Å². The summed E-state index contributed by atoms with van der Waals surface area (Å²) < 4.78 is 0. The van der Waals surface area contributed by atoms with Gasteiger partial charge >= 0.3 is 0 Å². The Kier molecular flexibility index (Phi) is 66.6. The van der Waals surface area contributed by atoms with Crippen LogP contribution in [0.1, 0.15) is 261 Å². The number of unbranched alkanes of at least 4 members (excludes halogenated alkanes) is 12. The molecule has 0 aromatic rings. The fourth-order valence-electron chi connectivity index (χ4n) is 6.98. The van der Waals surface area contributed by atoms with Crippen molar-refractivity contribution in [1.29, 1.82) is 0 Å². The highest BCUT2D eigenvalue weighted by atomic mass is 31.1. The van der Waals surface area contributed by atoms with E-state index in [0.29, 0.717) is 32.1 Å². The molecule has 0 fully saturated rings. The van der Waals surface area contributed by atoms with E-state index in [9.17, 15) is 19.5 Å². The van der Waals surface area contributed by atoms with E-state index < -0.39 is 11.9 Å². The van der Waals surface area contributed by atoms with E-state index in [2.05, 4.69) is 65.5 Å². The lowest BCUT2D eigenvalue weighted by Crippen LogP contribution is -2.25. The summed E-state index contributed by atoms with van der Waals surface area (Å²) in [7, 11) is 1.08. The minimum Gasteiger partial charge on any atom is -0.550 e. The van der Waals surface area contributed by atoms with Gasteiger partial charge in [0, 0.05) is 50.7 Å². The number of aliphatic carboxylic acids is 2. The standard InChI is InChI=1S/C23H47NO2.C23H45NO2.2C2H4O2.C2H7P/c2*1-4-7-10-11-12-17-22(25)18-19-23(26)24-20-13-16-21(14-8-5-2)15-9-6-3;2*1-2(3)4;1-3-2/h21-22,25H,4-20H2,1-3H3,(H,24,26);21H,4-20H2,1-3H3,(H,24,26);2*1H3,(H,3,4);3H,1-2H3/p-2. The minimum absolute atomic E-state index is 0.0444. The Morgan fingerprint density at radius 2 is 0.746 bits per heavy atom. The zero-order chi connectivity index (χ0) is 48.8. The Morgan fingerprint density at radius 3 is 1.11 bits per heavy atom. The molecule has 0 aromatic carbocycles. The Labute approximate surface area is 392 Å². The van der Waals surface area contributed by atoms with Crippen LogP contribution in [0.4, 0.5) is 0 Å². The third kappa shape index (κ3) is 74.6. The molecule has 0 bridgehead atoms. The van der Waals surface area contributed by atoms with Crippen molar-refractivity contribution in [2.75, 3.05) is 26.4 Å². The largest absolute Gasteiger partial charge is 0.550 e. The molecular formula is C52H105N2O8P-2. The molecule has 2 amide bonds. The summed E-state index contributed by atoms with van der Waals surface area (Å²) in [6.45, 7) is 21.2. The number of aliphatic hydroxyl groups excluding tert-OH is 1. The van der Waals surface area contributed by atoms with E-state index in [0.717, 1.165) is 85.9 Å². The van der Waals surface area contributed by atoms with Gasteiger partial charge < -0.3 is 35.5 Å². The van der Waals surface area contributed by atoms with Crippen LogP contribution in [0.5, 0.6) is 0 Å². The maximum atomic E-state index is 11.9. The summed E-state index contributed by atoms with van der Waals surface area (Å²) in [5.41, 5.74) is 0. The molecule has 0 aromatic heterocycles. The second kappa shape index (κ2) is 59.9. The smallest absolute Gasteiger partial charge is 0.220 e. The zero-order valence-corrected chi connectivity index (χ0v) is 44.1. The van der Waals surface area contributed by atoms with Crippen LogP contribution >= 0.6 is 8.58 Å². The van der Waals surface area contributed by atoms with Gasteiger partial charge in [0.1, 0.15) is 5.78 Å². The fraction of sp³-hybridized carbons (Fsp3) is 0.904. The van der Waals surface area contributed by atoms with Gasteiger partial charge in [0.25, 0.3) is 0 Å². The van der Waals surface area contributed by atoms with Gasteiger partial charge in [0.05, 0.1) is 6.10 Å². The van der Waals surface area contributed by atoms with Crippen LogP contribution in [-0.4, -0.2) is 67.2 Å². The minimum atomic E-state index is -1.08. The molecule has 0 saturated heterocycles. The van der Waals surface area contributed by atoms with Gasteiger partial charge in [-0.1, -0.05) is 176 Å². The van der Waals surface area contributed by atoms with Gasteiger partial charge in [-0.2, -0.15) is 0 Å². The van der Waals surface area contributed by atoms with E-state index in [-0.39, 0.29) is 23.7 Å². The van der Waals surface area contributed by atoms with Crippen molar-refractivity contribution in [1.82, 2.24) is 10.6 Å². The first-order valence-corrected chi connectivity index (χ1v) is 27.8. The second-order valence-corrected chi connectivity index (χ2v) is 18.4. The molecule has 0 aliphatic heterocycles. The van der Waals surface area contributed by atoms with Gasteiger partial charge in [0.15, 0.2) is 0 Å². The lowest BCUT2D eigenvalue weighted by atomic mass is 9.91. The maximum Gasteiger partial charge on any atom is 0.220 e. The molecule has 1 atom stereocenters. The Morgan fingerprint density at radius 1 is 0.429 bits per heavy atom. The lowest BCUT2D eigenvalue weighted by Gasteiger charge is -2.16. The van der Waals surface area contributed by atoms with E-state index in [1.54, 1.807) is 0 Å². The van der Waals surface area contributed by atoms with Gasteiger partial charge in [-0.3, -0.25) is 14.4 Å². The first-order valence-electron chi connectivity index (χ1n) is 25.8. The molecule has 1 unspecified atom stereocenters. The van der Waals surface area contributed by atoms with Crippen molar-refractivity contribution in [3.05, 3.63) is 0 Å². The van der Waals surface area contributed by atoms with E-state index in [1.807, 2.05) is 0 Å². The van der Waals surface area contributed by atoms with Crippen LogP contribution in [-0.2, 0) is 24.0 Å². The molecular weight excluding hydrogens is 812 g/mol. The predicted octanol–water partition coefficient (Wildman–Crippen LogP) is 11.4. The number of carbonyl (C=O) groups is 5. The predicted molar refractivity (Wildman–Crippen MR) is 267 cm³/mol. The highest BCUT2D eigenvalue weighted by molar-refractivity contribution is 7.35. The number of Topliss-reactive ketones (excluding diaryl/α,β-unsaturated/α-hetero) is 1. The van der Waals surface area contributed by atoms with Crippen LogP contribution in [0.25, 0.3) is 0 Å². The average molecular weight is 917 g/mol. The Bertz CT molecular complexity index is 948. The van der Waals surface area contributed by atoms with Crippen LogP contribution in [0, 0.1) is 11.8 Å². The number of carboxylic acid groups (broad SMARTS) is 2. The number of nitrogens with one attached hydrogen (secondary N) is 2. The third-order valence-electron chi connectivity index (χ3n) is 10.6. The summed E-state index contributed by atoms with van der Waals surface area (Å²) in [5.74, 6) is -0.116. The molecule has 378 valence electrons. The maximum absolute atomic E-state index is 11.9. The number of rotatable bonds is 38. The Balaban J connectivity index is -0.000000287. The number of carboxylic acids is 2. The first kappa shape index (κ1) is 70.0. The molecule has 10 nitrogen and oxygen atoms in total. The average Bonchev–Trinajstić information content (AvgIpc) is 3.23. The van der Waals surface area contributed by atoms with Gasteiger partial charge in [0.2, 0.25) is 11.8 Å². The molecule has 0 saturated carbocycles. The van der Waals surface area contributed by atoms with Gasteiger partial charge in [-0.15, -0.1) is 8.58 Å². The summed E-state index contributed by atoms with van der Waals surface area (Å²) in [5, 5.41) is 33.8. The zero-order valence-electron chi connectivity index (χ0n) is 43.1. The molecule has 0 aliphatic rings. The molecule has 11 heteroatoms. The van der Waals surface area contributed by atoms with Gasteiger partial charge in [-0.25, -0.2) is 0 Å². The summed E-state index contributed by atoms with van der Waals surface area (Å²) in [6.07, 6.45) is 35.3. The molecule has 0 radical (unpaired) electrons. The van der Waals surface area contributed by atoms with Crippen molar-refractivity contribution in [3.63, 3.8) is 0 Å². The van der Waals surface area contributed by atoms with Crippen molar-refractivity contribution in [2.45, 2.75) is 267 Å². The summed E-state index contributed by atoms with van der Waals surface area (Å²) >= 11 is 0. The van der Waals surface area contributed by atoms with Crippen LogP contribution < -0.4 is 20.8 Å². The highest BCUT2D eigenvalue weighted by Crippen LogP contribution is 2.22. The highest BCUT2D eigenvalue weighted by Gasteiger charge is 2.12. The van der Waals surface area contributed by atoms with Crippen molar-refractivity contribution in [3.8, 4) is 0 Å². The van der Waals surface area contributed by atoms with Crippen LogP contribution in [0.15, 0.2) is 0 Å². The van der Waals surface area contributed by atoms with Crippen LogP contribution in [0.2, 0.25) is 0 Å². The number of hydrogen-bond acceptors (Lipinski definition) is 8. The number of aliphatic hydroxyl groups is 1. The fourth-order valence-corrected chi connectivity index (χ4v) is 6.98. The molecule has 0 heterocycles. The molecule has 0 rings (SSSR count). The lowest BCUT2D eigenvalue weighted by molar-refractivity contribution is -0.303. The van der Waals surface area contributed by atoms with Crippen molar-refractivity contribution < 1.29 is 39.3 Å². The summed E-state index contributed by atoms with van der Waals surface area (Å²) in [4.78, 5) is 53.4. The van der Waals surface area contributed by atoms with E-state index >= 15 is 0 Å². The first-order chi connectivity index (χ1) is 30.1. The SMILES string of the molecule is CC(=O)[O-].CC(=O)[O-].CCCCCCCC(=O)CCC(=O)NCCCC(CCCC)CCCC.CCCCCCCC(O)CCC(=O)NCCCC(CCCC)CCCC.CPC. The number of ketones is 1. The van der Waals surface area contributed by atoms with Crippen molar-refractivity contribution in [2.24, 2.45) is 11.8 Å². The number of amides is 2. The second-order valence-electron chi connectivity index (χ2n) is 17.4. The number of hydrogen-bond donors (Lipinski definition) is 3. The number of carbonyl (C=O) groups excluding carboxylic acids is 5. The summed E-state index contributed by atoms with van der Waals surface area (Å²) in [6, 6.07) is 0. The molecule has 63 heavy (non-hydrogen) atoms. The van der Waals surface area contributed by atoms with E-state index in [1.165, 1.54) is 135 Å². The van der Waals surface area contributed by atoms with Crippen molar-refractivity contribution >= 4 is 38.1 Å². The van der Waals surface area contributed by atoms with Crippen LogP contribution in [0.3, 0.4) is 0 Å². The molecule has 3 N–H and O–H groups in total. The molecule has 0 aliphatic carbocycles.